The highest BCUT2D eigenvalue weighted by molar-refractivity contribution is 6.11. The second-order valence-electron chi connectivity index (χ2n) is 8.99. The Hall–Kier alpha value is -2.49. The van der Waals surface area contributed by atoms with Crippen LogP contribution in [0.25, 0.3) is 6.08 Å². The highest BCUT2D eigenvalue weighted by Crippen LogP contribution is 2.35. The minimum absolute atomic E-state index is 0.629. The molecule has 4 rings (SSSR count). The van der Waals surface area contributed by atoms with Crippen molar-refractivity contribution in [1.29, 1.82) is 0 Å². The van der Waals surface area contributed by atoms with Crippen molar-refractivity contribution >= 4 is 11.8 Å². The molecular formula is C27H37N3O. The number of aliphatic imine (C=N–C) groups is 1. The van der Waals surface area contributed by atoms with E-state index in [2.05, 4.69) is 29.0 Å². The van der Waals surface area contributed by atoms with Gasteiger partial charge < -0.3 is 14.7 Å². The predicted molar refractivity (Wildman–Crippen MR) is 129 cm³/mol. The number of hydrogen-bond acceptors (Lipinski definition) is 2. The Morgan fingerprint density at radius 3 is 2.84 bits per heavy atom. The van der Waals surface area contributed by atoms with Crippen LogP contribution in [0.1, 0.15) is 99.7 Å². The number of rotatable bonds is 7. The lowest BCUT2D eigenvalue weighted by Gasteiger charge is -2.17. The molecule has 2 N–H and O–H groups in total. The number of fused-ring (bicyclic) bond motifs is 2. The fourth-order valence-corrected chi connectivity index (χ4v) is 4.92. The van der Waals surface area contributed by atoms with Crippen molar-refractivity contribution in [1.82, 2.24) is 9.97 Å². The van der Waals surface area contributed by atoms with E-state index in [4.69, 9.17) is 9.73 Å². The van der Waals surface area contributed by atoms with E-state index in [-0.39, 0.29) is 0 Å². The SMILES string of the molecule is CCCCCC1CCCCCCCc2cc1c(/C=C1/N=C(c3ccc[nH]3)C=C1OC)[nH]2. The van der Waals surface area contributed by atoms with Gasteiger partial charge in [0.15, 0.2) is 0 Å². The lowest BCUT2D eigenvalue weighted by Crippen LogP contribution is -2.01. The zero-order chi connectivity index (χ0) is 21.5. The Morgan fingerprint density at radius 2 is 2.03 bits per heavy atom. The van der Waals surface area contributed by atoms with E-state index in [1.807, 2.05) is 24.4 Å². The maximum absolute atomic E-state index is 5.68. The molecule has 0 radical (unpaired) electrons. The molecule has 0 saturated heterocycles. The van der Waals surface area contributed by atoms with Crippen molar-refractivity contribution in [2.75, 3.05) is 7.11 Å². The van der Waals surface area contributed by atoms with Gasteiger partial charge in [-0.15, -0.1) is 0 Å². The van der Waals surface area contributed by atoms with E-state index in [1.165, 1.54) is 81.2 Å². The first-order valence-electron chi connectivity index (χ1n) is 12.2. The summed E-state index contributed by atoms with van der Waals surface area (Å²) in [7, 11) is 1.73. The van der Waals surface area contributed by atoms with Crippen LogP contribution < -0.4 is 0 Å². The Kier molecular flexibility index (Phi) is 7.50. The Balaban J connectivity index is 1.67. The van der Waals surface area contributed by atoms with Gasteiger partial charge in [0.1, 0.15) is 11.5 Å². The number of nitrogens with one attached hydrogen (secondary N) is 2. The summed E-state index contributed by atoms with van der Waals surface area (Å²) in [5.41, 5.74) is 6.94. The van der Waals surface area contributed by atoms with Gasteiger partial charge in [0.05, 0.1) is 18.5 Å². The molecule has 2 bridgehead atoms. The summed E-state index contributed by atoms with van der Waals surface area (Å²) >= 11 is 0. The van der Waals surface area contributed by atoms with E-state index in [0.29, 0.717) is 5.92 Å². The van der Waals surface area contributed by atoms with E-state index in [1.54, 1.807) is 7.11 Å². The molecule has 1 unspecified atom stereocenters. The number of hydrogen-bond donors (Lipinski definition) is 2. The van der Waals surface area contributed by atoms with E-state index in [0.717, 1.165) is 29.3 Å². The molecule has 166 valence electrons. The van der Waals surface area contributed by atoms with E-state index >= 15 is 0 Å². The minimum Gasteiger partial charge on any atom is -0.494 e. The molecule has 0 saturated carbocycles. The standard InChI is InChI=1S/C27H37N3O/c1-3-4-8-12-20-13-9-6-5-7-10-14-21-17-22(20)24(29-21)18-26-27(31-2)19-25(30-26)23-15-11-16-28-23/h11,15-20,28-29H,3-10,12-14H2,1-2H3/b26-18+. The fraction of sp³-hybridized carbons (Fsp3) is 0.519. The summed E-state index contributed by atoms with van der Waals surface area (Å²) in [6.07, 6.45) is 20.5. The molecule has 1 aliphatic carbocycles. The number of allylic oxidation sites excluding steroid dienone is 1. The van der Waals surface area contributed by atoms with Crippen LogP contribution >= 0.6 is 0 Å². The first kappa shape index (κ1) is 21.7. The van der Waals surface area contributed by atoms with E-state index in [9.17, 15) is 0 Å². The van der Waals surface area contributed by atoms with Gasteiger partial charge >= 0.3 is 0 Å². The van der Waals surface area contributed by atoms with Gasteiger partial charge in [0.2, 0.25) is 0 Å². The van der Waals surface area contributed by atoms with Crippen LogP contribution in [0.4, 0.5) is 0 Å². The summed E-state index contributed by atoms with van der Waals surface area (Å²) in [6.45, 7) is 2.29. The molecule has 3 heterocycles. The van der Waals surface area contributed by atoms with Gasteiger partial charge in [-0.3, -0.25) is 0 Å². The first-order chi connectivity index (χ1) is 15.3. The highest BCUT2D eigenvalue weighted by atomic mass is 16.5. The first-order valence-corrected chi connectivity index (χ1v) is 12.2. The van der Waals surface area contributed by atoms with Crippen LogP contribution in [0.2, 0.25) is 0 Å². The van der Waals surface area contributed by atoms with Crippen LogP contribution in [0.3, 0.4) is 0 Å². The van der Waals surface area contributed by atoms with Gasteiger partial charge in [-0.1, -0.05) is 51.9 Å². The lowest BCUT2D eigenvalue weighted by atomic mass is 9.88. The highest BCUT2D eigenvalue weighted by Gasteiger charge is 2.21. The molecule has 31 heavy (non-hydrogen) atoms. The quantitative estimate of drug-likeness (QED) is 0.455. The number of aryl methyl sites for hydroxylation is 1. The van der Waals surface area contributed by atoms with Crippen LogP contribution in [0.5, 0.6) is 0 Å². The molecule has 4 heteroatoms. The maximum atomic E-state index is 5.68. The molecule has 4 nitrogen and oxygen atoms in total. The third-order valence-electron chi connectivity index (χ3n) is 6.67. The molecule has 2 aliphatic rings. The summed E-state index contributed by atoms with van der Waals surface area (Å²) in [5.74, 6) is 1.46. The number of H-pyrrole nitrogens is 2. The number of unbranched alkanes of at least 4 members (excludes halogenated alkanes) is 2. The number of ether oxygens (including phenoxy) is 1. The molecule has 2 aromatic rings. The maximum Gasteiger partial charge on any atom is 0.146 e. The summed E-state index contributed by atoms with van der Waals surface area (Å²) in [4.78, 5) is 11.9. The van der Waals surface area contributed by atoms with Crippen molar-refractivity contribution in [3.63, 3.8) is 0 Å². The summed E-state index contributed by atoms with van der Waals surface area (Å²) in [6, 6.07) is 6.50. The van der Waals surface area contributed by atoms with Crippen molar-refractivity contribution in [2.24, 2.45) is 4.99 Å². The Morgan fingerprint density at radius 1 is 1.16 bits per heavy atom. The van der Waals surface area contributed by atoms with Crippen LogP contribution in [-0.2, 0) is 11.2 Å². The Labute approximate surface area is 186 Å². The molecule has 2 aromatic heterocycles. The molecule has 1 atom stereocenters. The van der Waals surface area contributed by atoms with Gasteiger partial charge in [-0.25, -0.2) is 4.99 Å². The van der Waals surface area contributed by atoms with Crippen LogP contribution in [0, 0.1) is 0 Å². The minimum atomic E-state index is 0.629. The molecule has 0 aromatic carbocycles. The average molecular weight is 420 g/mol. The third-order valence-corrected chi connectivity index (χ3v) is 6.67. The van der Waals surface area contributed by atoms with Crippen molar-refractivity contribution in [2.45, 2.75) is 83.5 Å². The normalized spacial score (nSPS) is 21.0. The smallest absolute Gasteiger partial charge is 0.146 e. The van der Waals surface area contributed by atoms with Gasteiger partial charge in [0, 0.05) is 23.7 Å². The molecule has 1 aliphatic heterocycles. The summed E-state index contributed by atoms with van der Waals surface area (Å²) < 4.78 is 5.68. The van der Waals surface area contributed by atoms with Gasteiger partial charge in [-0.2, -0.15) is 0 Å². The molecule has 0 amide bonds. The van der Waals surface area contributed by atoms with Crippen molar-refractivity contribution in [3.8, 4) is 0 Å². The molecule has 0 spiro atoms. The van der Waals surface area contributed by atoms with Gasteiger partial charge in [-0.05, 0) is 61.4 Å². The summed E-state index contributed by atoms with van der Waals surface area (Å²) in [5, 5.41) is 0. The zero-order valence-corrected chi connectivity index (χ0v) is 19.2. The number of aromatic amines is 2. The molecule has 0 fully saturated rings. The number of methoxy groups -OCH3 is 1. The predicted octanol–water partition coefficient (Wildman–Crippen LogP) is 7.28. The average Bonchev–Trinajstić information content (AvgIpc) is 3.51. The van der Waals surface area contributed by atoms with Crippen LogP contribution in [-0.4, -0.2) is 22.8 Å². The van der Waals surface area contributed by atoms with Gasteiger partial charge in [0.25, 0.3) is 0 Å². The Bertz CT molecular complexity index is 930. The van der Waals surface area contributed by atoms with Crippen molar-refractivity contribution in [3.05, 3.63) is 64.6 Å². The topological polar surface area (TPSA) is 53.2 Å². The lowest BCUT2D eigenvalue weighted by molar-refractivity contribution is 0.303. The largest absolute Gasteiger partial charge is 0.494 e. The zero-order valence-electron chi connectivity index (χ0n) is 19.2. The molecular weight excluding hydrogens is 382 g/mol. The second kappa shape index (κ2) is 10.7. The van der Waals surface area contributed by atoms with Crippen LogP contribution in [0.15, 0.2) is 46.9 Å². The number of nitrogens with zero attached hydrogens (tertiary/aromatic N) is 1. The second-order valence-corrected chi connectivity index (χ2v) is 8.99. The van der Waals surface area contributed by atoms with E-state index < -0.39 is 0 Å². The number of aromatic nitrogens is 2. The van der Waals surface area contributed by atoms with Crippen molar-refractivity contribution < 1.29 is 4.74 Å². The third kappa shape index (κ3) is 5.41. The fourth-order valence-electron chi connectivity index (χ4n) is 4.92. The monoisotopic (exact) mass is 419 g/mol.